The zero-order valence-corrected chi connectivity index (χ0v) is 5.27. The summed E-state index contributed by atoms with van der Waals surface area (Å²) in [6, 6.07) is 0. The summed E-state index contributed by atoms with van der Waals surface area (Å²) in [5, 5.41) is 13.4. The lowest BCUT2D eigenvalue weighted by molar-refractivity contribution is -0.147. The number of carboxylic acid groups (broad SMARTS) is 1. The number of rotatable bonds is 1. The van der Waals surface area contributed by atoms with Gasteiger partial charge in [-0.2, -0.15) is 0 Å². The van der Waals surface area contributed by atoms with Crippen LogP contribution in [-0.4, -0.2) is 22.1 Å². The quantitative estimate of drug-likeness (QED) is 0.544. The van der Waals surface area contributed by atoms with Gasteiger partial charge < -0.3 is 14.9 Å². The molecule has 0 unspecified atom stereocenters. The Morgan fingerprint density at radius 3 is 2.82 bits per heavy atom. The maximum absolute atomic E-state index is 10.4. The second-order valence-electron chi connectivity index (χ2n) is 1.67. The molecule has 0 spiro atoms. The van der Waals surface area contributed by atoms with Crippen molar-refractivity contribution in [3.63, 3.8) is 0 Å². The van der Waals surface area contributed by atoms with Gasteiger partial charge in [0.15, 0.2) is 0 Å². The topological polar surface area (TPSA) is 92.4 Å². The van der Waals surface area contributed by atoms with Gasteiger partial charge in [0.2, 0.25) is 0 Å². The monoisotopic (exact) mass is 156 g/mol. The van der Waals surface area contributed by atoms with Crippen molar-refractivity contribution in [2.24, 2.45) is 0 Å². The van der Waals surface area contributed by atoms with Crippen LogP contribution in [0.15, 0.2) is 17.0 Å². The molecular formula is C5H4N2O4. The van der Waals surface area contributed by atoms with Crippen molar-refractivity contribution in [3.8, 4) is 0 Å². The van der Waals surface area contributed by atoms with Crippen LogP contribution in [0.25, 0.3) is 0 Å². The standard InChI is InChI=1S/C5H4N2O4/c8-4(5(9)10)7-3-1-6-11-2-3/h1-2H,(H,7,8)(H,9,10). The Balaban J connectivity index is 2.57. The summed E-state index contributed by atoms with van der Waals surface area (Å²) in [7, 11) is 0. The second kappa shape index (κ2) is 2.82. The molecule has 1 aromatic heterocycles. The number of carbonyl (C=O) groups is 2. The van der Waals surface area contributed by atoms with Crippen molar-refractivity contribution in [3.05, 3.63) is 12.5 Å². The van der Waals surface area contributed by atoms with Crippen molar-refractivity contribution in [1.29, 1.82) is 0 Å². The summed E-state index contributed by atoms with van der Waals surface area (Å²) >= 11 is 0. The lowest BCUT2D eigenvalue weighted by atomic mass is 10.5. The van der Waals surface area contributed by atoms with Crippen LogP contribution < -0.4 is 5.32 Å². The largest absolute Gasteiger partial charge is 0.474 e. The van der Waals surface area contributed by atoms with Crippen LogP contribution in [0.2, 0.25) is 0 Å². The molecule has 1 amide bonds. The number of hydrogen-bond acceptors (Lipinski definition) is 4. The van der Waals surface area contributed by atoms with Gasteiger partial charge in [-0.15, -0.1) is 0 Å². The minimum absolute atomic E-state index is 0.220. The Morgan fingerprint density at radius 2 is 2.36 bits per heavy atom. The molecule has 0 radical (unpaired) electrons. The molecule has 1 aromatic rings. The normalized spacial score (nSPS) is 9.09. The molecule has 0 aliphatic heterocycles. The number of hydrogen-bond donors (Lipinski definition) is 2. The van der Waals surface area contributed by atoms with Gasteiger partial charge in [-0.3, -0.25) is 4.79 Å². The lowest BCUT2D eigenvalue weighted by Gasteiger charge is -1.92. The number of carbonyl (C=O) groups excluding carboxylic acids is 1. The first-order valence-electron chi connectivity index (χ1n) is 2.64. The van der Waals surface area contributed by atoms with E-state index < -0.39 is 11.9 Å². The molecule has 0 saturated heterocycles. The molecule has 6 heteroatoms. The molecule has 0 atom stereocenters. The molecule has 1 heterocycles. The minimum Gasteiger partial charge on any atom is -0.474 e. The summed E-state index contributed by atoms with van der Waals surface area (Å²) in [4.78, 5) is 20.4. The fourth-order valence-corrected chi connectivity index (χ4v) is 0.451. The Hall–Kier alpha value is -1.85. The second-order valence-corrected chi connectivity index (χ2v) is 1.67. The van der Waals surface area contributed by atoms with E-state index in [-0.39, 0.29) is 5.69 Å². The first-order valence-corrected chi connectivity index (χ1v) is 2.64. The summed E-state index contributed by atoms with van der Waals surface area (Å²) in [5.41, 5.74) is 0.220. The molecule has 0 aromatic carbocycles. The fourth-order valence-electron chi connectivity index (χ4n) is 0.451. The van der Waals surface area contributed by atoms with Gasteiger partial charge in [0, 0.05) is 0 Å². The predicted molar refractivity (Wildman–Crippen MR) is 32.8 cm³/mol. The van der Waals surface area contributed by atoms with E-state index in [2.05, 4.69) is 9.68 Å². The summed E-state index contributed by atoms with van der Waals surface area (Å²) < 4.78 is 4.34. The highest BCUT2D eigenvalue weighted by atomic mass is 16.5. The van der Waals surface area contributed by atoms with E-state index in [0.717, 1.165) is 6.26 Å². The molecule has 0 bridgehead atoms. The van der Waals surface area contributed by atoms with Gasteiger partial charge >= 0.3 is 11.9 Å². The van der Waals surface area contributed by atoms with Crippen molar-refractivity contribution >= 4 is 17.6 Å². The third-order valence-corrected chi connectivity index (χ3v) is 0.884. The van der Waals surface area contributed by atoms with Gasteiger partial charge in [0.1, 0.15) is 12.0 Å². The fraction of sp³-hybridized carbons (Fsp3) is 0. The summed E-state index contributed by atoms with van der Waals surface area (Å²) in [6.45, 7) is 0. The Labute approximate surface area is 60.8 Å². The molecule has 6 nitrogen and oxygen atoms in total. The zero-order valence-electron chi connectivity index (χ0n) is 5.27. The SMILES string of the molecule is O=C(O)C(=O)Nc1cnoc1. The van der Waals surface area contributed by atoms with Gasteiger partial charge in [-0.1, -0.05) is 5.16 Å². The minimum atomic E-state index is -1.55. The van der Waals surface area contributed by atoms with Crippen molar-refractivity contribution < 1.29 is 19.2 Å². The highest BCUT2D eigenvalue weighted by Crippen LogP contribution is 2.02. The molecular weight excluding hydrogens is 152 g/mol. The van der Waals surface area contributed by atoms with Gasteiger partial charge in [0.05, 0.1) is 6.20 Å². The number of nitrogens with one attached hydrogen (secondary N) is 1. The van der Waals surface area contributed by atoms with Crippen molar-refractivity contribution in [2.75, 3.05) is 5.32 Å². The van der Waals surface area contributed by atoms with E-state index in [1.165, 1.54) is 6.20 Å². The van der Waals surface area contributed by atoms with Crippen molar-refractivity contribution in [1.82, 2.24) is 5.16 Å². The van der Waals surface area contributed by atoms with E-state index in [0.29, 0.717) is 0 Å². The number of aliphatic carboxylic acids is 1. The first-order chi connectivity index (χ1) is 5.20. The molecule has 1 rings (SSSR count). The number of carboxylic acids is 1. The van der Waals surface area contributed by atoms with E-state index in [9.17, 15) is 9.59 Å². The van der Waals surface area contributed by atoms with Crippen LogP contribution >= 0.6 is 0 Å². The Bertz CT molecular complexity index is 266. The number of nitrogens with zero attached hydrogens (tertiary/aromatic N) is 1. The average Bonchev–Trinajstić information content (AvgIpc) is 2.39. The maximum atomic E-state index is 10.4. The Kier molecular flexibility index (Phi) is 1.86. The molecule has 0 aliphatic carbocycles. The van der Waals surface area contributed by atoms with Crippen LogP contribution in [0.3, 0.4) is 0 Å². The molecule has 0 saturated carbocycles. The van der Waals surface area contributed by atoms with Crippen LogP contribution in [0.1, 0.15) is 0 Å². The predicted octanol–water partition coefficient (Wildman–Crippen LogP) is -0.302. The molecule has 58 valence electrons. The van der Waals surface area contributed by atoms with E-state index in [1.807, 2.05) is 5.32 Å². The van der Waals surface area contributed by atoms with E-state index in [1.54, 1.807) is 0 Å². The molecule has 11 heavy (non-hydrogen) atoms. The highest BCUT2D eigenvalue weighted by molar-refractivity contribution is 6.36. The van der Waals surface area contributed by atoms with Crippen LogP contribution in [0, 0.1) is 0 Å². The van der Waals surface area contributed by atoms with E-state index in [4.69, 9.17) is 5.11 Å². The van der Waals surface area contributed by atoms with Crippen LogP contribution in [0.5, 0.6) is 0 Å². The van der Waals surface area contributed by atoms with Crippen molar-refractivity contribution in [2.45, 2.75) is 0 Å². The highest BCUT2D eigenvalue weighted by Gasteiger charge is 2.11. The molecule has 2 N–H and O–H groups in total. The van der Waals surface area contributed by atoms with Crippen LogP contribution in [0.4, 0.5) is 5.69 Å². The van der Waals surface area contributed by atoms with Gasteiger partial charge in [-0.25, -0.2) is 4.79 Å². The van der Waals surface area contributed by atoms with Gasteiger partial charge in [-0.05, 0) is 0 Å². The lowest BCUT2D eigenvalue weighted by Crippen LogP contribution is -2.21. The Morgan fingerprint density at radius 1 is 1.64 bits per heavy atom. The third kappa shape index (κ3) is 1.78. The number of amides is 1. The molecule has 0 aliphatic rings. The maximum Gasteiger partial charge on any atom is 0.394 e. The number of aromatic nitrogens is 1. The smallest absolute Gasteiger partial charge is 0.394 e. The summed E-state index contributed by atoms with van der Waals surface area (Å²) in [6.07, 6.45) is 2.32. The average molecular weight is 156 g/mol. The van der Waals surface area contributed by atoms with Gasteiger partial charge in [0.25, 0.3) is 0 Å². The first kappa shape index (κ1) is 7.26. The van der Waals surface area contributed by atoms with E-state index >= 15 is 0 Å². The summed E-state index contributed by atoms with van der Waals surface area (Å²) in [5.74, 6) is -2.67. The van der Waals surface area contributed by atoms with Crippen LogP contribution in [-0.2, 0) is 9.59 Å². The number of anilines is 1. The molecule has 0 fully saturated rings. The zero-order chi connectivity index (χ0) is 8.27. The third-order valence-electron chi connectivity index (χ3n) is 0.884.